The summed E-state index contributed by atoms with van der Waals surface area (Å²) in [6.45, 7) is 5.44. The Hall–Kier alpha value is -0.210. The molecule has 0 amide bonds. The van der Waals surface area contributed by atoms with Gasteiger partial charge in [0.15, 0.2) is 0 Å². The maximum atomic E-state index is 6.22. The fourth-order valence-corrected chi connectivity index (χ4v) is 2.53. The highest BCUT2D eigenvalue weighted by molar-refractivity contribution is 9.08. The highest BCUT2D eigenvalue weighted by atomic mass is 79.9. The molecular formula is C12H17BrClN. The zero-order valence-corrected chi connectivity index (χ0v) is 11.8. The van der Waals surface area contributed by atoms with Crippen LogP contribution in [0.25, 0.3) is 0 Å². The van der Waals surface area contributed by atoms with Crippen LogP contribution in [-0.4, -0.2) is 13.6 Å². The molecule has 0 radical (unpaired) electrons. The van der Waals surface area contributed by atoms with Gasteiger partial charge in [-0.15, -0.1) is 0 Å². The molecule has 0 aliphatic heterocycles. The minimum Gasteiger partial charge on any atom is -0.373 e. The van der Waals surface area contributed by atoms with E-state index in [0.717, 1.165) is 22.6 Å². The van der Waals surface area contributed by atoms with Gasteiger partial charge in [0.05, 0.1) is 10.7 Å². The molecule has 1 aromatic rings. The predicted molar refractivity (Wildman–Crippen MR) is 72.2 cm³/mol. The predicted octanol–water partition coefficient (Wildman–Crippen LogP) is 4.33. The number of halogens is 2. The molecule has 84 valence electrons. The van der Waals surface area contributed by atoms with Crippen molar-refractivity contribution in [3.63, 3.8) is 0 Å². The maximum absolute atomic E-state index is 6.22. The molecule has 0 aromatic heterocycles. The van der Waals surface area contributed by atoms with Crippen molar-refractivity contribution in [3.05, 3.63) is 28.8 Å². The summed E-state index contributed by atoms with van der Waals surface area (Å²) in [5, 5.41) is 1.67. The van der Waals surface area contributed by atoms with Gasteiger partial charge in [0, 0.05) is 18.9 Å². The van der Waals surface area contributed by atoms with Crippen LogP contribution in [-0.2, 0) is 5.33 Å². The van der Waals surface area contributed by atoms with E-state index in [1.807, 2.05) is 12.1 Å². The van der Waals surface area contributed by atoms with Gasteiger partial charge in [0.1, 0.15) is 0 Å². The monoisotopic (exact) mass is 289 g/mol. The van der Waals surface area contributed by atoms with Crippen molar-refractivity contribution in [3.8, 4) is 0 Å². The second-order valence-electron chi connectivity index (χ2n) is 4.16. The number of alkyl halides is 1. The quantitative estimate of drug-likeness (QED) is 0.746. The Morgan fingerprint density at radius 2 is 2.07 bits per heavy atom. The Bertz CT molecular complexity index is 325. The number of hydrogen-bond acceptors (Lipinski definition) is 1. The van der Waals surface area contributed by atoms with Gasteiger partial charge in [0.25, 0.3) is 0 Å². The van der Waals surface area contributed by atoms with E-state index in [4.69, 9.17) is 11.6 Å². The Morgan fingerprint density at radius 1 is 1.40 bits per heavy atom. The minimum absolute atomic E-state index is 0.634. The van der Waals surface area contributed by atoms with Crippen LogP contribution >= 0.6 is 27.5 Å². The van der Waals surface area contributed by atoms with Gasteiger partial charge < -0.3 is 4.90 Å². The molecule has 0 saturated carbocycles. The molecule has 0 fully saturated rings. The van der Waals surface area contributed by atoms with Crippen molar-refractivity contribution in [2.75, 3.05) is 18.5 Å². The van der Waals surface area contributed by atoms with Gasteiger partial charge in [-0.2, -0.15) is 0 Å². The Kier molecular flexibility index (Phi) is 4.94. The number of hydrogen-bond donors (Lipinski definition) is 0. The molecule has 0 heterocycles. The van der Waals surface area contributed by atoms with Gasteiger partial charge in [-0.1, -0.05) is 53.5 Å². The largest absolute Gasteiger partial charge is 0.373 e. The highest BCUT2D eigenvalue weighted by Gasteiger charge is 2.11. The first-order valence-electron chi connectivity index (χ1n) is 5.10. The standard InChI is InChI=1S/C12H17BrClN/c1-9(2)8-15(3)12-10(7-13)5-4-6-11(12)14/h4-6,9H,7-8H2,1-3H3. The van der Waals surface area contributed by atoms with Crippen molar-refractivity contribution in [1.82, 2.24) is 0 Å². The summed E-state index contributed by atoms with van der Waals surface area (Å²) in [5.41, 5.74) is 2.38. The third-order valence-electron chi connectivity index (χ3n) is 2.24. The van der Waals surface area contributed by atoms with Crippen LogP contribution in [0.3, 0.4) is 0 Å². The molecule has 0 saturated heterocycles. The Labute approximate surface area is 106 Å². The summed E-state index contributed by atoms with van der Waals surface area (Å²) in [7, 11) is 2.09. The Morgan fingerprint density at radius 3 is 2.60 bits per heavy atom. The molecule has 3 heteroatoms. The molecular weight excluding hydrogens is 273 g/mol. The van der Waals surface area contributed by atoms with Crippen LogP contribution in [0.2, 0.25) is 5.02 Å². The first kappa shape index (κ1) is 12.9. The molecule has 0 aliphatic rings. The highest BCUT2D eigenvalue weighted by Crippen LogP contribution is 2.30. The number of rotatable bonds is 4. The molecule has 0 bridgehead atoms. The summed E-state index contributed by atoms with van der Waals surface area (Å²) in [6.07, 6.45) is 0. The summed E-state index contributed by atoms with van der Waals surface area (Å²) in [5.74, 6) is 0.634. The van der Waals surface area contributed by atoms with E-state index in [-0.39, 0.29) is 0 Å². The third-order valence-corrected chi connectivity index (χ3v) is 3.14. The van der Waals surface area contributed by atoms with Gasteiger partial charge in [-0.05, 0) is 17.5 Å². The normalized spacial score (nSPS) is 10.8. The average molecular weight is 291 g/mol. The first-order valence-corrected chi connectivity index (χ1v) is 6.60. The number of anilines is 1. The number of nitrogens with zero attached hydrogens (tertiary/aromatic N) is 1. The van der Waals surface area contributed by atoms with E-state index in [1.165, 1.54) is 5.56 Å². The lowest BCUT2D eigenvalue weighted by molar-refractivity contribution is 0.638. The maximum Gasteiger partial charge on any atom is 0.0642 e. The molecule has 1 rings (SSSR count). The molecule has 0 aliphatic carbocycles. The molecule has 0 unspecified atom stereocenters. The SMILES string of the molecule is CC(C)CN(C)c1c(Cl)cccc1CBr. The Balaban J connectivity index is 3.00. The van der Waals surface area contributed by atoms with Crippen molar-refractivity contribution in [2.45, 2.75) is 19.2 Å². The van der Waals surface area contributed by atoms with E-state index in [1.54, 1.807) is 0 Å². The molecule has 15 heavy (non-hydrogen) atoms. The van der Waals surface area contributed by atoms with Crippen LogP contribution < -0.4 is 4.90 Å². The fraction of sp³-hybridized carbons (Fsp3) is 0.500. The van der Waals surface area contributed by atoms with Crippen LogP contribution in [0.1, 0.15) is 19.4 Å². The average Bonchev–Trinajstić information content (AvgIpc) is 2.15. The van der Waals surface area contributed by atoms with Crippen LogP contribution in [0.5, 0.6) is 0 Å². The number of para-hydroxylation sites is 1. The van der Waals surface area contributed by atoms with Crippen molar-refractivity contribution >= 4 is 33.2 Å². The smallest absolute Gasteiger partial charge is 0.0642 e. The van der Waals surface area contributed by atoms with Crippen LogP contribution in [0.15, 0.2) is 18.2 Å². The fourth-order valence-electron chi connectivity index (χ4n) is 1.73. The lowest BCUT2D eigenvalue weighted by Gasteiger charge is -2.25. The van der Waals surface area contributed by atoms with Crippen LogP contribution in [0.4, 0.5) is 5.69 Å². The second kappa shape index (κ2) is 5.76. The van der Waals surface area contributed by atoms with E-state index in [0.29, 0.717) is 5.92 Å². The van der Waals surface area contributed by atoms with Gasteiger partial charge in [0.2, 0.25) is 0 Å². The van der Waals surface area contributed by atoms with Crippen molar-refractivity contribution < 1.29 is 0 Å². The zero-order chi connectivity index (χ0) is 11.4. The summed E-state index contributed by atoms with van der Waals surface area (Å²) in [4.78, 5) is 2.23. The molecule has 1 nitrogen and oxygen atoms in total. The molecule has 1 aromatic carbocycles. The van der Waals surface area contributed by atoms with Crippen LogP contribution in [0, 0.1) is 5.92 Å². The van der Waals surface area contributed by atoms with E-state index < -0.39 is 0 Å². The lowest BCUT2D eigenvalue weighted by Crippen LogP contribution is -2.23. The summed E-state index contributed by atoms with van der Waals surface area (Å²) >= 11 is 9.72. The van der Waals surface area contributed by atoms with Crippen molar-refractivity contribution in [1.29, 1.82) is 0 Å². The van der Waals surface area contributed by atoms with E-state index in [9.17, 15) is 0 Å². The van der Waals surface area contributed by atoms with E-state index in [2.05, 4.69) is 47.8 Å². The van der Waals surface area contributed by atoms with Crippen molar-refractivity contribution in [2.24, 2.45) is 5.92 Å². The summed E-state index contributed by atoms with van der Waals surface area (Å²) in [6, 6.07) is 6.04. The summed E-state index contributed by atoms with van der Waals surface area (Å²) < 4.78 is 0. The second-order valence-corrected chi connectivity index (χ2v) is 5.12. The minimum atomic E-state index is 0.634. The number of benzene rings is 1. The lowest BCUT2D eigenvalue weighted by atomic mass is 10.1. The first-order chi connectivity index (χ1) is 7.06. The van der Waals surface area contributed by atoms with Gasteiger partial charge >= 0.3 is 0 Å². The molecule has 0 N–H and O–H groups in total. The van der Waals surface area contributed by atoms with Gasteiger partial charge in [-0.25, -0.2) is 0 Å². The van der Waals surface area contributed by atoms with Gasteiger partial charge in [-0.3, -0.25) is 0 Å². The zero-order valence-electron chi connectivity index (χ0n) is 9.43. The van der Waals surface area contributed by atoms with E-state index >= 15 is 0 Å². The molecule has 0 spiro atoms. The molecule has 0 atom stereocenters. The topological polar surface area (TPSA) is 3.24 Å². The third kappa shape index (κ3) is 3.39.